The van der Waals surface area contributed by atoms with E-state index >= 15 is 0 Å². The van der Waals surface area contributed by atoms with Crippen molar-refractivity contribution >= 4 is 18.0 Å². The topological polar surface area (TPSA) is 99.2 Å². The number of amides is 2. The molecule has 2 fully saturated rings. The van der Waals surface area contributed by atoms with E-state index in [0.29, 0.717) is 19.4 Å². The van der Waals surface area contributed by atoms with Gasteiger partial charge in [0.15, 0.2) is 0 Å². The number of ether oxygens (including phenoxy) is 1. The third-order valence-electron chi connectivity index (χ3n) is 7.59. The van der Waals surface area contributed by atoms with Gasteiger partial charge in [-0.3, -0.25) is 9.59 Å². The summed E-state index contributed by atoms with van der Waals surface area (Å²) in [6.07, 6.45) is 1.33. The van der Waals surface area contributed by atoms with Crippen LogP contribution in [0.2, 0.25) is 0 Å². The Balaban J connectivity index is 1.27. The number of likely N-dealkylation sites (N-methyl/N-ethyl adjacent to an activating group) is 1. The van der Waals surface area contributed by atoms with Crippen molar-refractivity contribution in [1.82, 2.24) is 15.1 Å². The first kappa shape index (κ1) is 23.4. The lowest BCUT2D eigenvalue weighted by atomic mass is 9.89. The maximum Gasteiger partial charge on any atom is 0.407 e. The molecule has 0 radical (unpaired) electrons. The lowest BCUT2D eigenvalue weighted by Crippen LogP contribution is -2.54. The normalized spacial score (nSPS) is 23.2. The molecule has 2 aromatic rings. The Morgan fingerprint density at radius 2 is 1.69 bits per heavy atom. The molecule has 184 valence electrons. The van der Waals surface area contributed by atoms with E-state index in [2.05, 4.69) is 29.6 Å². The van der Waals surface area contributed by atoms with Gasteiger partial charge in [0.05, 0.1) is 5.92 Å². The van der Waals surface area contributed by atoms with E-state index in [-0.39, 0.29) is 30.5 Å². The summed E-state index contributed by atoms with van der Waals surface area (Å²) in [5.74, 6) is -1.69. The van der Waals surface area contributed by atoms with Gasteiger partial charge in [0, 0.05) is 24.5 Å². The number of hydrogen-bond acceptors (Lipinski definition) is 5. The molecule has 1 aliphatic carbocycles. The van der Waals surface area contributed by atoms with E-state index < -0.39 is 24.0 Å². The number of carboxylic acids is 1. The summed E-state index contributed by atoms with van der Waals surface area (Å²) in [6.45, 7) is 0.468. The molecule has 0 aromatic heterocycles. The molecule has 2 aliphatic heterocycles. The van der Waals surface area contributed by atoms with Crippen LogP contribution < -0.4 is 5.32 Å². The Kier molecular flexibility index (Phi) is 6.23. The monoisotopic (exact) mass is 477 g/mol. The minimum Gasteiger partial charge on any atom is -0.481 e. The Morgan fingerprint density at radius 1 is 1.06 bits per heavy atom. The number of carboxylic acid groups (broad SMARTS) is 1. The Labute approximate surface area is 204 Å². The smallest absolute Gasteiger partial charge is 0.407 e. The van der Waals surface area contributed by atoms with Crippen molar-refractivity contribution < 1.29 is 24.2 Å². The number of hydrogen-bond donors (Lipinski definition) is 2. The number of carbonyl (C=O) groups is 3. The first-order valence-electron chi connectivity index (χ1n) is 12.2. The van der Waals surface area contributed by atoms with Crippen molar-refractivity contribution in [2.45, 2.75) is 43.3 Å². The van der Waals surface area contributed by atoms with Crippen LogP contribution in [-0.4, -0.2) is 78.2 Å². The fourth-order valence-electron chi connectivity index (χ4n) is 6.11. The van der Waals surface area contributed by atoms with E-state index in [9.17, 15) is 19.5 Å². The summed E-state index contributed by atoms with van der Waals surface area (Å²) in [4.78, 5) is 41.5. The number of aliphatic carboxylic acids is 1. The third kappa shape index (κ3) is 4.27. The third-order valence-corrected chi connectivity index (χ3v) is 7.59. The number of benzene rings is 2. The predicted octanol–water partition coefficient (Wildman–Crippen LogP) is 2.92. The van der Waals surface area contributed by atoms with Crippen LogP contribution in [-0.2, 0) is 14.3 Å². The number of nitrogens with zero attached hydrogens (tertiary/aromatic N) is 2. The molecule has 5 rings (SSSR count). The van der Waals surface area contributed by atoms with Gasteiger partial charge in [-0.25, -0.2) is 4.79 Å². The van der Waals surface area contributed by atoms with Gasteiger partial charge in [0.1, 0.15) is 12.6 Å². The summed E-state index contributed by atoms with van der Waals surface area (Å²) < 4.78 is 5.66. The summed E-state index contributed by atoms with van der Waals surface area (Å²) in [5.41, 5.74) is 4.54. The highest BCUT2D eigenvalue weighted by atomic mass is 16.5. The van der Waals surface area contributed by atoms with Crippen LogP contribution in [0.5, 0.6) is 0 Å². The van der Waals surface area contributed by atoms with Crippen molar-refractivity contribution in [2.24, 2.45) is 5.92 Å². The number of nitrogens with one attached hydrogen (secondary N) is 1. The van der Waals surface area contributed by atoms with Gasteiger partial charge in [-0.15, -0.1) is 0 Å². The second-order valence-electron chi connectivity index (χ2n) is 10.0. The van der Waals surface area contributed by atoms with Gasteiger partial charge in [-0.2, -0.15) is 0 Å². The van der Waals surface area contributed by atoms with Crippen molar-refractivity contribution in [1.29, 1.82) is 0 Å². The van der Waals surface area contributed by atoms with E-state index in [4.69, 9.17) is 4.74 Å². The fourth-order valence-corrected chi connectivity index (χ4v) is 6.11. The van der Waals surface area contributed by atoms with Gasteiger partial charge in [-0.1, -0.05) is 48.5 Å². The van der Waals surface area contributed by atoms with Gasteiger partial charge < -0.3 is 25.0 Å². The highest BCUT2D eigenvalue weighted by Gasteiger charge is 2.52. The number of fused-ring (bicyclic) bond motifs is 5. The van der Waals surface area contributed by atoms with Gasteiger partial charge in [0.2, 0.25) is 5.91 Å². The Morgan fingerprint density at radius 3 is 2.26 bits per heavy atom. The zero-order valence-electron chi connectivity index (χ0n) is 20.0. The molecular formula is C27H31N3O5. The fraction of sp³-hybridized carbons (Fsp3) is 0.444. The van der Waals surface area contributed by atoms with Crippen LogP contribution in [0.1, 0.15) is 36.3 Å². The van der Waals surface area contributed by atoms with Gasteiger partial charge >= 0.3 is 12.1 Å². The highest BCUT2D eigenvalue weighted by molar-refractivity contribution is 5.88. The zero-order chi connectivity index (χ0) is 24.7. The summed E-state index contributed by atoms with van der Waals surface area (Å²) in [5, 5.41) is 12.3. The molecule has 35 heavy (non-hydrogen) atoms. The molecule has 0 spiro atoms. The molecule has 2 bridgehead atoms. The lowest BCUT2D eigenvalue weighted by Gasteiger charge is -2.30. The van der Waals surface area contributed by atoms with Crippen molar-refractivity contribution in [3.8, 4) is 11.1 Å². The summed E-state index contributed by atoms with van der Waals surface area (Å²) >= 11 is 0. The minimum atomic E-state index is -0.858. The average Bonchev–Trinajstić information content (AvgIpc) is 3.51. The van der Waals surface area contributed by atoms with Crippen molar-refractivity contribution in [3.63, 3.8) is 0 Å². The average molecular weight is 478 g/mol. The highest BCUT2D eigenvalue weighted by Crippen LogP contribution is 2.45. The van der Waals surface area contributed by atoms with E-state index in [1.165, 1.54) is 0 Å². The molecule has 2 aromatic carbocycles. The number of rotatable bonds is 7. The van der Waals surface area contributed by atoms with E-state index in [1.54, 1.807) is 4.90 Å². The largest absolute Gasteiger partial charge is 0.481 e. The molecule has 4 atom stereocenters. The Hall–Kier alpha value is -3.39. The van der Waals surface area contributed by atoms with E-state index in [1.807, 2.05) is 43.3 Å². The van der Waals surface area contributed by atoms with Gasteiger partial charge in [0.25, 0.3) is 0 Å². The van der Waals surface area contributed by atoms with Crippen molar-refractivity contribution in [2.75, 3.05) is 27.2 Å². The molecule has 4 unspecified atom stereocenters. The number of carbonyl (C=O) groups excluding carboxylic acids is 2. The molecule has 2 N–H and O–H groups in total. The second-order valence-corrected chi connectivity index (χ2v) is 10.0. The number of alkyl carbamates (subject to hydrolysis) is 1. The van der Waals surface area contributed by atoms with Crippen molar-refractivity contribution in [3.05, 3.63) is 59.7 Å². The molecule has 2 amide bonds. The van der Waals surface area contributed by atoms with Gasteiger partial charge in [-0.05, 0) is 55.6 Å². The van der Waals surface area contributed by atoms with E-state index in [0.717, 1.165) is 28.7 Å². The first-order chi connectivity index (χ1) is 16.8. The quantitative estimate of drug-likeness (QED) is 0.636. The van der Waals surface area contributed by atoms with Crippen LogP contribution in [0, 0.1) is 5.92 Å². The second kappa shape index (κ2) is 9.34. The molecule has 3 aliphatic rings. The van der Waals surface area contributed by atoms with Crippen LogP contribution >= 0.6 is 0 Å². The van der Waals surface area contributed by atoms with Crippen LogP contribution in [0.15, 0.2) is 48.5 Å². The molecule has 0 saturated carbocycles. The van der Waals surface area contributed by atoms with Crippen LogP contribution in [0.4, 0.5) is 4.79 Å². The first-order valence-corrected chi connectivity index (χ1v) is 12.2. The maximum atomic E-state index is 13.5. The predicted molar refractivity (Wildman–Crippen MR) is 130 cm³/mol. The zero-order valence-corrected chi connectivity index (χ0v) is 20.0. The maximum absolute atomic E-state index is 13.5. The van der Waals surface area contributed by atoms with Crippen LogP contribution in [0.3, 0.4) is 0 Å². The molecular weight excluding hydrogens is 446 g/mol. The molecule has 2 heterocycles. The summed E-state index contributed by atoms with van der Waals surface area (Å²) in [6, 6.07) is 15.0. The lowest BCUT2D eigenvalue weighted by molar-refractivity contribution is -0.143. The standard InChI is InChI=1S/C27H31N3O5/c1-29(2)14-23(25(31)30-16-11-12-24(30)21(13-16)26(32)33)28-27(34)35-15-22-19-9-5-3-7-17(19)18-8-4-6-10-20(18)22/h3-10,16,21-24H,11-15H2,1-2H3,(H,28,34)(H,32,33). The Bertz CT molecular complexity index is 1100. The molecule has 8 heteroatoms. The molecule has 8 nitrogen and oxygen atoms in total. The summed E-state index contributed by atoms with van der Waals surface area (Å²) in [7, 11) is 3.66. The SMILES string of the molecule is CN(C)CC(NC(=O)OCC1c2ccccc2-c2ccccc21)C(=O)N1C2CCC1C(C(=O)O)C2. The minimum absolute atomic E-state index is 0.0677. The molecule has 2 saturated heterocycles. The van der Waals surface area contributed by atoms with Crippen LogP contribution in [0.25, 0.3) is 11.1 Å².